The maximum atomic E-state index is 15.6. The SMILES string of the molecule is COc1cc(OC)c(F)c(-c2cc3cnc(Nc4ccncn4)nc3n(C3CCN(C(=O)/C=C/CN(C)C)CC3)c2=O)c1F. The van der Waals surface area contributed by atoms with Crippen LogP contribution < -0.4 is 20.3 Å². The molecule has 1 fully saturated rings. The van der Waals surface area contributed by atoms with Gasteiger partial charge in [-0.3, -0.25) is 14.2 Å². The van der Waals surface area contributed by atoms with E-state index in [1.165, 1.54) is 37.4 Å². The molecule has 0 spiro atoms. The van der Waals surface area contributed by atoms with Gasteiger partial charge in [0.25, 0.3) is 5.56 Å². The van der Waals surface area contributed by atoms with Crippen LogP contribution in [0.2, 0.25) is 0 Å². The summed E-state index contributed by atoms with van der Waals surface area (Å²) in [4.78, 5) is 47.6. The number of benzene rings is 1. The average Bonchev–Trinajstić information content (AvgIpc) is 3.02. The molecule has 0 radical (unpaired) electrons. The highest BCUT2D eigenvalue weighted by Gasteiger charge is 2.29. The average molecular weight is 607 g/mol. The molecule has 0 unspecified atom stereocenters. The fourth-order valence-electron chi connectivity index (χ4n) is 5.11. The highest BCUT2D eigenvalue weighted by atomic mass is 19.1. The lowest BCUT2D eigenvalue weighted by Crippen LogP contribution is -2.40. The number of rotatable bonds is 9. The third-order valence-electron chi connectivity index (χ3n) is 7.31. The number of piperidine rings is 1. The van der Waals surface area contributed by atoms with E-state index < -0.39 is 28.8 Å². The number of halogens is 2. The first-order valence-corrected chi connectivity index (χ1v) is 13.9. The number of fused-ring (bicyclic) bond motifs is 1. The number of methoxy groups -OCH3 is 2. The van der Waals surface area contributed by atoms with E-state index in [2.05, 4.69) is 25.3 Å². The van der Waals surface area contributed by atoms with Crippen molar-refractivity contribution in [2.45, 2.75) is 18.9 Å². The number of pyridine rings is 1. The third kappa shape index (κ3) is 6.20. The molecule has 1 N–H and O–H groups in total. The summed E-state index contributed by atoms with van der Waals surface area (Å²) in [6.45, 7) is 1.38. The van der Waals surface area contributed by atoms with E-state index in [1.807, 2.05) is 19.0 Å². The molecule has 0 bridgehead atoms. The van der Waals surface area contributed by atoms with E-state index in [9.17, 15) is 9.59 Å². The predicted molar refractivity (Wildman–Crippen MR) is 160 cm³/mol. The number of hydrogen-bond donors (Lipinski definition) is 1. The van der Waals surface area contributed by atoms with Crippen molar-refractivity contribution in [3.05, 3.63) is 71.1 Å². The molecule has 0 aliphatic carbocycles. The highest BCUT2D eigenvalue weighted by molar-refractivity contribution is 5.87. The number of carbonyl (C=O) groups is 1. The molecule has 4 heterocycles. The van der Waals surface area contributed by atoms with E-state index in [0.717, 1.165) is 6.07 Å². The predicted octanol–water partition coefficient (Wildman–Crippen LogP) is 3.57. The summed E-state index contributed by atoms with van der Waals surface area (Å²) in [5, 5.41) is 3.36. The van der Waals surface area contributed by atoms with Gasteiger partial charge >= 0.3 is 0 Å². The minimum Gasteiger partial charge on any atom is -0.494 e. The fourth-order valence-corrected chi connectivity index (χ4v) is 5.11. The maximum Gasteiger partial charge on any atom is 0.260 e. The van der Waals surface area contributed by atoms with Crippen molar-refractivity contribution in [1.82, 2.24) is 34.3 Å². The van der Waals surface area contributed by atoms with Gasteiger partial charge in [-0.2, -0.15) is 4.98 Å². The summed E-state index contributed by atoms with van der Waals surface area (Å²) < 4.78 is 42.9. The van der Waals surface area contributed by atoms with Crippen molar-refractivity contribution in [3.8, 4) is 22.6 Å². The zero-order valence-electron chi connectivity index (χ0n) is 24.8. The van der Waals surface area contributed by atoms with Crippen LogP contribution in [0.4, 0.5) is 20.5 Å². The first kappa shape index (κ1) is 30.5. The number of aromatic nitrogens is 5. The topological polar surface area (TPSA) is 128 Å². The molecule has 3 aromatic heterocycles. The van der Waals surface area contributed by atoms with Crippen molar-refractivity contribution in [2.24, 2.45) is 0 Å². The van der Waals surface area contributed by atoms with E-state index >= 15 is 8.78 Å². The second-order valence-electron chi connectivity index (χ2n) is 10.4. The molecule has 1 aliphatic rings. The number of likely N-dealkylation sites (N-methyl/N-ethyl adjacent to an activating group) is 1. The van der Waals surface area contributed by atoms with Crippen LogP contribution in [0.1, 0.15) is 18.9 Å². The van der Waals surface area contributed by atoms with Gasteiger partial charge in [0, 0.05) is 55.6 Å². The first-order chi connectivity index (χ1) is 21.2. The van der Waals surface area contributed by atoms with Gasteiger partial charge in [-0.15, -0.1) is 0 Å². The van der Waals surface area contributed by atoms with Crippen molar-refractivity contribution in [3.63, 3.8) is 0 Å². The molecular formula is C30H32F2N8O4. The summed E-state index contributed by atoms with van der Waals surface area (Å²) in [5.74, 6) is -2.16. The van der Waals surface area contributed by atoms with Crippen molar-refractivity contribution in [1.29, 1.82) is 0 Å². The van der Waals surface area contributed by atoms with Crippen molar-refractivity contribution in [2.75, 3.05) is 53.3 Å². The Kier molecular flexibility index (Phi) is 9.09. The zero-order valence-corrected chi connectivity index (χ0v) is 24.8. The number of amides is 1. The Bertz CT molecular complexity index is 1730. The van der Waals surface area contributed by atoms with Crippen LogP contribution in [0.15, 0.2) is 53.9 Å². The molecule has 0 saturated carbocycles. The van der Waals surface area contributed by atoms with Crippen LogP contribution in [-0.2, 0) is 4.79 Å². The van der Waals surface area contributed by atoms with Gasteiger partial charge in [-0.05, 0) is 39.1 Å². The maximum absolute atomic E-state index is 15.6. The van der Waals surface area contributed by atoms with Gasteiger partial charge in [0.05, 0.1) is 25.3 Å². The number of nitrogens with one attached hydrogen (secondary N) is 1. The number of hydrogen-bond acceptors (Lipinski definition) is 10. The largest absolute Gasteiger partial charge is 0.494 e. The van der Waals surface area contributed by atoms with E-state index in [-0.39, 0.29) is 34.6 Å². The van der Waals surface area contributed by atoms with Crippen LogP contribution in [0, 0.1) is 11.6 Å². The van der Waals surface area contributed by atoms with Gasteiger partial charge in [-0.1, -0.05) is 6.08 Å². The van der Waals surface area contributed by atoms with Gasteiger partial charge in [0.1, 0.15) is 17.8 Å². The summed E-state index contributed by atoms with van der Waals surface area (Å²) in [7, 11) is 6.30. The Morgan fingerprint density at radius 2 is 1.82 bits per heavy atom. The lowest BCUT2D eigenvalue weighted by atomic mass is 10.0. The Morgan fingerprint density at radius 1 is 1.11 bits per heavy atom. The number of likely N-dealkylation sites (tertiary alicyclic amines) is 1. The molecule has 4 aromatic rings. The van der Waals surface area contributed by atoms with Gasteiger partial charge in [0.2, 0.25) is 11.9 Å². The lowest BCUT2D eigenvalue weighted by molar-refractivity contribution is -0.127. The van der Waals surface area contributed by atoms with Crippen LogP contribution in [0.5, 0.6) is 11.5 Å². The molecule has 44 heavy (non-hydrogen) atoms. The quantitative estimate of drug-likeness (QED) is 0.283. The Hall–Kier alpha value is -4.98. The zero-order chi connectivity index (χ0) is 31.4. The Morgan fingerprint density at radius 3 is 2.43 bits per heavy atom. The number of anilines is 2. The second kappa shape index (κ2) is 13.1. The number of ether oxygens (including phenoxy) is 2. The smallest absolute Gasteiger partial charge is 0.260 e. The first-order valence-electron chi connectivity index (χ1n) is 13.9. The number of nitrogens with zero attached hydrogens (tertiary/aromatic N) is 7. The minimum atomic E-state index is -1.04. The highest BCUT2D eigenvalue weighted by Crippen LogP contribution is 2.38. The molecule has 1 saturated heterocycles. The summed E-state index contributed by atoms with van der Waals surface area (Å²) in [5.41, 5.74) is -1.22. The molecule has 5 rings (SSSR count). The molecule has 1 aliphatic heterocycles. The van der Waals surface area contributed by atoms with Crippen molar-refractivity contribution >= 4 is 28.7 Å². The van der Waals surface area contributed by atoms with E-state index in [0.29, 0.717) is 43.7 Å². The molecular weight excluding hydrogens is 574 g/mol. The summed E-state index contributed by atoms with van der Waals surface area (Å²) in [6, 6.07) is 3.64. The molecule has 12 nitrogen and oxygen atoms in total. The van der Waals surface area contributed by atoms with Crippen LogP contribution >= 0.6 is 0 Å². The van der Waals surface area contributed by atoms with Crippen LogP contribution in [0.25, 0.3) is 22.2 Å². The molecule has 14 heteroatoms. The van der Waals surface area contributed by atoms with Crippen LogP contribution in [-0.4, -0.2) is 88.2 Å². The van der Waals surface area contributed by atoms with E-state index in [1.54, 1.807) is 29.3 Å². The minimum absolute atomic E-state index is 0.123. The molecule has 0 atom stereocenters. The number of carbonyl (C=O) groups excluding carboxylic acids is 1. The third-order valence-corrected chi connectivity index (χ3v) is 7.31. The Balaban J connectivity index is 1.61. The molecule has 230 valence electrons. The summed E-state index contributed by atoms with van der Waals surface area (Å²) in [6.07, 6.45) is 8.55. The van der Waals surface area contributed by atoms with Gasteiger partial charge in [0.15, 0.2) is 23.1 Å². The Labute approximate surface area is 252 Å². The van der Waals surface area contributed by atoms with Crippen molar-refractivity contribution < 1.29 is 23.0 Å². The van der Waals surface area contributed by atoms with E-state index in [4.69, 9.17) is 9.47 Å². The second-order valence-corrected chi connectivity index (χ2v) is 10.4. The standard InChI is InChI=1S/C30H32F2N8O4/c1-38(2)11-5-6-24(41)39-12-8-19(9-13-39)40-28-18(16-34-30(37-28)36-23-7-10-33-17-35-23)14-20(29(40)42)25-26(31)21(43-3)15-22(44-4)27(25)32/h5-7,10,14-17,19H,8-9,11-13H2,1-4H3,(H,33,34,35,36,37)/b6-5+. The fraction of sp³-hybridized carbons (Fsp3) is 0.333. The van der Waals surface area contributed by atoms with Gasteiger partial charge in [-0.25, -0.2) is 23.7 Å². The van der Waals surface area contributed by atoms with Gasteiger partial charge < -0.3 is 24.6 Å². The normalized spacial score (nSPS) is 14.0. The monoisotopic (exact) mass is 606 g/mol. The molecule has 1 amide bonds. The van der Waals surface area contributed by atoms with Crippen LogP contribution in [0.3, 0.4) is 0 Å². The lowest BCUT2D eigenvalue weighted by Gasteiger charge is -2.33. The molecule has 1 aromatic carbocycles. The summed E-state index contributed by atoms with van der Waals surface area (Å²) >= 11 is 0.